The van der Waals surface area contributed by atoms with Crippen LogP contribution in [-0.4, -0.2) is 43.3 Å². The van der Waals surface area contributed by atoms with Gasteiger partial charge in [0.1, 0.15) is 24.1 Å². The average molecular weight is 669 g/mol. The van der Waals surface area contributed by atoms with Gasteiger partial charge in [-0.2, -0.15) is 0 Å². The van der Waals surface area contributed by atoms with Gasteiger partial charge in [-0.05, 0) is 93.9 Å². The smallest absolute Gasteiger partial charge is 0.264 e. The quantitative estimate of drug-likeness (QED) is 0.181. The number of nitrogens with one attached hydrogen (secondary N) is 1. The Labute approximate surface area is 274 Å². The number of hydrogen-bond donors (Lipinski definition) is 1. The first-order chi connectivity index (χ1) is 21.2. The van der Waals surface area contributed by atoms with E-state index >= 15 is 0 Å². The molecule has 0 heterocycles. The van der Waals surface area contributed by atoms with E-state index in [9.17, 15) is 18.0 Å². The van der Waals surface area contributed by atoms with Crippen molar-refractivity contribution in [3.05, 3.63) is 119 Å². The fourth-order valence-corrected chi connectivity index (χ4v) is 6.20. The Balaban J connectivity index is 1.71. The number of ether oxygens (including phenoxy) is 1. The van der Waals surface area contributed by atoms with Gasteiger partial charge in [-0.25, -0.2) is 8.42 Å². The predicted molar refractivity (Wildman–Crippen MR) is 178 cm³/mol. The number of para-hydroxylation sites is 1. The topological polar surface area (TPSA) is 96.0 Å². The highest BCUT2D eigenvalue weighted by molar-refractivity contribution is 7.92. The van der Waals surface area contributed by atoms with Gasteiger partial charge < -0.3 is 15.0 Å². The van der Waals surface area contributed by atoms with Crippen LogP contribution < -0.4 is 14.4 Å². The van der Waals surface area contributed by atoms with Crippen molar-refractivity contribution in [3.8, 4) is 11.5 Å². The highest BCUT2D eigenvalue weighted by Gasteiger charge is 2.33. The molecule has 0 radical (unpaired) electrons. The Bertz CT molecular complexity index is 1730. The number of halogens is 2. The maximum Gasteiger partial charge on any atom is 0.264 e. The summed E-state index contributed by atoms with van der Waals surface area (Å²) < 4.78 is 34.9. The van der Waals surface area contributed by atoms with Gasteiger partial charge in [-0.3, -0.25) is 13.9 Å². The van der Waals surface area contributed by atoms with Crippen molar-refractivity contribution in [2.75, 3.05) is 10.8 Å². The highest BCUT2D eigenvalue weighted by Crippen LogP contribution is 2.29. The normalized spacial score (nSPS) is 12.2. The van der Waals surface area contributed by atoms with Gasteiger partial charge in [0.15, 0.2) is 0 Å². The van der Waals surface area contributed by atoms with Crippen molar-refractivity contribution in [2.24, 2.45) is 0 Å². The molecule has 1 N–H and O–H groups in total. The van der Waals surface area contributed by atoms with Crippen LogP contribution in [0.25, 0.3) is 0 Å². The van der Waals surface area contributed by atoms with E-state index in [1.54, 1.807) is 79.7 Å². The lowest BCUT2D eigenvalue weighted by molar-refractivity contribution is -0.140. The largest absolute Gasteiger partial charge is 0.457 e. The number of amides is 2. The fourth-order valence-electron chi connectivity index (χ4n) is 4.44. The lowest BCUT2D eigenvalue weighted by Crippen LogP contribution is -2.54. The fraction of sp³-hybridized carbons (Fsp3) is 0.235. The molecule has 45 heavy (non-hydrogen) atoms. The first kappa shape index (κ1) is 33.8. The van der Waals surface area contributed by atoms with E-state index < -0.39 is 40.0 Å². The van der Waals surface area contributed by atoms with Gasteiger partial charge in [0.05, 0.1) is 20.6 Å². The lowest BCUT2D eigenvalue weighted by Gasteiger charge is -2.33. The molecule has 0 aliphatic carbocycles. The van der Waals surface area contributed by atoms with Gasteiger partial charge >= 0.3 is 0 Å². The Morgan fingerprint density at radius 3 is 1.98 bits per heavy atom. The molecule has 4 aromatic rings. The van der Waals surface area contributed by atoms with Crippen LogP contribution in [0, 0.1) is 0 Å². The second kappa shape index (κ2) is 14.4. The minimum atomic E-state index is -4.21. The van der Waals surface area contributed by atoms with Crippen LogP contribution in [-0.2, 0) is 26.2 Å². The Hall–Kier alpha value is -4.05. The molecular formula is C34H35Cl2N3O5S. The molecule has 0 bridgehead atoms. The minimum absolute atomic E-state index is 0.0111. The maximum atomic E-state index is 14.1. The number of nitrogens with zero attached hydrogens (tertiary/aromatic N) is 2. The third kappa shape index (κ3) is 9.00. The van der Waals surface area contributed by atoms with E-state index in [0.29, 0.717) is 27.1 Å². The molecule has 0 saturated carbocycles. The molecule has 0 saturated heterocycles. The van der Waals surface area contributed by atoms with Gasteiger partial charge in [-0.15, -0.1) is 0 Å². The Morgan fingerprint density at radius 2 is 1.40 bits per heavy atom. The number of benzene rings is 4. The molecule has 0 spiro atoms. The molecule has 0 aromatic heterocycles. The SMILES string of the molecule is C[C@@H](C(=O)NC(C)(C)C)N(Cc1ccc(Cl)c(Cl)c1)C(=O)CN(c1ccc(Oc2ccccc2)cc1)S(=O)(=O)c1ccccc1. The summed E-state index contributed by atoms with van der Waals surface area (Å²) in [6.07, 6.45) is 0. The summed E-state index contributed by atoms with van der Waals surface area (Å²) in [6.45, 7) is 6.51. The van der Waals surface area contributed by atoms with Crippen LogP contribution in [0.1, 0.15) is 33.3 Å². The summed E-state index contributed by atoms with van der Waals surface area (Å²) in [6, 6.07) is 27.4. The van der Waals surface area contributed by atoms with Gasteiger partial charge in [0.2, 0.25) is 11.8 Å². The molecule has 0 fully saturated rings. The van der Waals surface area contributed by atoms with Gasteiger partial charge in [-0.1, -0.05) is 65.7 Å². The molecule has 8 nitrogen and oxygen atoms in total. The monoisotopic (exact) mass is 667 g/mol. The molecule has 0 unspecified atom stereocenters. The van der Waals surface area contributed by atoms with E-state index in [1.165, 1.54) is 17.0 Å². The molecular weight excluding hydrogens is 633 g/mol. The van der Waals surface area contributed by atoms with Crippen molar-refractivity contribution in [1.29, 1.82) is 0 Å². The molecule has 11 heteroatoms. The van der Waals surface area contributed by atoms with Crippen LogP contribution in [0.3, 0.4) is 0 Å². The zero-order valence-electron chi connectivity index (χ0n) is 25.4. The van der Waals surface area contributed by atoms with E-state index in [-0.39, 0.29) is 17.1 Å². The summed E-state index contributed by atoms with van der Waals surface area (Å²) in [4.78, 5) is 28.8. The Morgan fingerprint density at radius 1 is 0.822 bits per heavy atom. The summed E-state index contributed by atoms with van der Waals surface area (Å²) >= 11 is 12.4. The van der Waals surface area contributed by atoms with Crippen molar-refractivity contribution in [3.63, 3.8) is 0 Å². The van der Waals surface area contributed by atoms with Crippen LogP contribution in [0.15, 0.2) is 108 Å². The van der Waals surface area contributed by atoms with Crippen molar-refractivity contribution < 1.29 is 22.7 Å². The van der Waals surface area contributed by atoms with E-state index in [2.05, 4.69) is 5.32 Å². The number of sulfonamides is 1. The predicted octanol–water partition coefficient (Wildman–Crippen LogP) is 7.31. The second-order valence-electron chi connectivity index (χ2n) is 11.4. The van der Waals surface area contributed by atoms with E-state index in [0.717, 1.165) is 4.31 Å². The Kier molecular flexibility index (Phi) is 10.8. The van der Waals surface area contributed by atoms with E-state index in [1.807, 2.05) is 39.0 Å². The van der Waals surface area contributed by atoms with Crippen LogP contribution >= 0.6 is 23.2 Å². The van der Waals surface area contributed by atoms with Gasteiger partial charge in [0.25, 0.3) is 10.0 Å². The molecule has 0 aliphatic heterocycles. The molecule has 2 amide bonds. The average Bonchev–Trinajstić information content (AvgIpc) is 3.00. The van der Waals surface area contributed by atoms with E-state index in [4.69, 9.17) is 27.9 Å². The first-order valence-electron chi connectivity index (χ1n) is 14.2. The number of carbonyl (C=O) groups excluding carboxylic acids is 2. The summed E-state index contributed by atoms with van der Waals surface area (Å²) in [5.41, 5.74) is 0.303. The number of rotatable bonds is 11. The van der Waals surface area contributed by atoms with Crippen molar-refractivity contribution >= 4 is 50.7 Å². The molecule has 4 rings (SSSR count). The second-order valence-corrected chi connectivity index (χ2v) is 14.1. The maximum absolute atomic E-state index is 14.1. The van der Waals surface area contributed by atoms with Crippen molar-refractivity contribution in [2.45, 2.75) is 50.7 Å². The third-order valence-corrected chi connectivity index (χ3v) is 9.24. The van der Waals surface area contributed by atoms with Crippen LogP contribution in [0.2, 0.25) is 10.0 Å². The number of hydrogen-bond acceptors (Lipinski definition) is 5. The van der Waals surface area contributed by atoms with Crippen molar-refractivity contribution in [1.82, 2.24) is 10.2 Å². The number of anilines is 1. The summed E-state index contributed by atoms with van der Waals surface area (Å²) in [5, 5.41) is 3.54. The zero-order chi connectivity index (χ0) is 32.8. The standard InChI is InChI=1S/C34H35Cl2N3O5S/c1-24(33(41)37-34(2,3)4)38(22-25-15-20-30(35)31(36)21-25)32(40)23-39(45(42,43)29-13-9-6-10-14-29)26-16-18-28(19-17-26)44-27-11-7-5-8-12-27/h5-21,24H,22-23H2,1-4H3,(H,37,41)/t24-/m0/s1. The van der Waals surface area contributed by atoms with Crippen LogP contribution in [0.5, 0.6) is 11.5 Å². The third-order valence-electron chi connectivity index (χ3n) is 6.72. The summed E-state index contributed by atoms with van der Waals surface area (Å²) in [7, 11) is -4.21. The van der Waals surface area contributed by atoms with Gasteiger partial charge in [0, 0.05) is 12.1 Å². The molecule has 236 valence electrons. The van der Waals surface area contributed by atoms with Crippen LogP contribution in [0.4, 0.5) is 5.69 Å². The first-order valence-corrected chi connectivity index (χ1v) is 16.4. The zero-order valence-corrected chi connectivity index (χ0v) is 27.7. The molecule has 0 aliphatic rings. The highest BCUT2D eigenvalue weighted by atomic mass is 35.5. The minimum Gasteiger partial charge on any atom is -0.457 e. The summed E-state index contributed by atoms with van der Waals surface area (Å²) in [5.74, 6) is 0.120. The lowest BCUT2D eigenvalue weighted by atomic mass is 10.1. The molecule has 4 aromatic carbocycles. The molecule has 1 atom stereocenters. The number of carbonyl (C=O) groups is 2.